The van der Waals surface area contributed by atoms with E-state index in [-0.39, 0.29) is 35.8 Å². The third-order valence-electron chi connectivity index (χ3n) is 4.41. The first-order valence-corrected chi connectivity index (χ1v) is 10.7. The molecule has 3 N–H and O–H groups in total. The van der Waals surface area contributed by atoms with Crippen molar-refractivity contribution < 1.29 is 32.5 Å². The van der Waals surface area contributed by atoms with Gasteiger partial charge in [0.05, 0.1) is 13.2 Å². The average molecular weight is 392 g/mol. The Morgan fingerprint density at radius 3 is 2.69 bits per heavy atom. The van der Waals surface area contributed by atoms with Crippen LogP contribution in [0.15, 0.2) is 17.1 Å². The van der Waals surface area contributed by atoms with Crippen LogP contribution in [0.1, 0.15) is 39.0 Å². The molecule has 0 amide bonds. The number of allylic oxidation sites excluding steroid dienone is 2. The van der Waals surface area contributed by atoms with Gasteiger partial charge in [-0.25, -0.2) is 4.99 Å². The number of quaternary nitrogens is 1. The normalized spacial score (nSPS) is 21.9. The van der Waals surface area contributed by atoms with E-state index in [1.165, 1.54) is 0 Å². The van der Waals surface area contributed by atoms with Crippen molar-refractivity contribution in [3.8, 4) is 0 Å². The number of aliphatic hydroxyl groups excluding tert-OH is 2. The molecule has 9 heteroatoms. The van der Waals surface area contributed by atoms with E-state index in [2.05, 4.69) is 24.1 Å². The molecule has 0 spiro atoms. The maximum Gasteiger partial charge on any atom is 0.267 e. The second-order valence-electron chi connectivity index (χ2n) is 6.65. The lowest BCUT2D eigenvalue weighted by Gasteiger charge is -2.34. The molecule has 0 aliphatic carbocycles. The van der Waals surface area contributed by atoms with E-state index >= 15 is 0 Å². The maximum atomic E-state index is 12.6. The Morgan fingerprint density at radius 2 is 2.08 bits per heavy atom. The molecular formula is C17H31N2O6S+. The van der Waals surface area contributed by atoms with Crippen molar-refractivity contribution in [3.05, 3.63) is 12.2 Å². The van der Waals surface area contributed by atoms with Gasteiger partial charge in [-0.05, 0) is 25.7 Å². The van der Waals surface area contributed by atoms with Crippen molar-refractivity contribution in [3.63, 3.8) is 0 Å². The van der Waals surface area contributed by atoms with Gasteiger partial charge in [0, 0.05) is 6.42 Å². The second-order valence-corrected chi connectivity index (χ2v) is 8.15. The van der Waals surface area contributed by atoms with Crippen molar-refractivity contribution >= 4 is 21.7 Å². The number of carbonyl (C=O) groups excluding carboxylic acids is 1. The van der Waals surface area contributed by atoms with E-state index in [1.807, 2.05) is 0 Å². The van der Waals surface area contributed by atoms with Crippen LogP contribution in [0.5, 0.6) is 0 Å². The van der Waals surface area contributed by atoms with Crippen molar-refractivity contribution in [2.75, 3.05) is 38.5 Å². The molecule has 0 radical (unpaired) electrons. The number of unbranched alkanes of at least 4 members (excludes halogenated alkanes) is 2. The first kappa shape index (κ1) is 22.9. The molecule has 0 bridgehead atoms. The summed E-state index contributed by atoms with van der Waals surface area (Å²) < 4.78 is 30.8. The molecule has 8 nitrogen and oxygen atoms in total. The summed E-state index contributed by atoms with van der Waals surface area (Å²) in [6, 6.07) is 0. The number of rotatable bonds is 13. The summed E-state index contributed by atoms with van der Waals surface area (Å²) in [6.45, 7) is 2.75. The van der Waals surface area contributed by atoms with Gasteiger partial charge in [0.25, 0.3) is 16.0 Å². The second kappa shape index (κ2) is 10.9. The van der Waals surface area contributed by atoms with Gasteiger partial charge in [-0.3, -0.25) is 13.8 Å². The minimum atomic E-state index is -4.32. The zero-order chi connectivity index (χ0) is 19.6. The summed E-state index contributed by atoms with van der Waals surface area (Å²) in [5.41, 5.74) is 0. The van der Waals surface area contributed by atoms with Gasteiger partial charge in [0.15, 0.2) is 0 Å². The van der Waals surface area contributed by atoms with Crippen molar-refractivity contribution in [1.29, 1.82) is 0 Å². The number of carbonyl (C=O) groups is 1. The summed E-state index contributed by atoms with van der Waals surface area (Å²) in [5, 5.41) is 19.4. The lowest BCUT2D eigenvalue weighted by Crippen LogP contribution is -2.59. The smallest absolute Gasteiger partial charge is 0.267 e. The van der Waals surface area contributed by atoms with Crippen LogP contribution in [-0.2, 0) is 14.9 Å². The molecule has 0 aromatic heterocycles. The molecule has 0 aromatic rings. The van der Waals surface area contributed by atoms with Gasteiger partial charge >= 0.3 is 0 Å². The number of aliphatic imine (C=N–C) groups is 1. The highest BCUT2D eigenvalue weighted by Gasteiger charge is 2.43. The fourth-order valence-corrected chi connectivity index (χ4v) is 3.87. The molecule has 0 saturated heterocycles. The molecule has 1 aliphatic heterocycles. The molecule has 2 atom stereocenters. The number of nitrogens with zero attached hydrogens (tertiary/aromatic N) is 2. The first-order chi connectivity index (χ1) is 12.2. The predicted octanol–water partition coefficient (Wildman–Crippen LogP) is 0.552. The quantitative estimate of drug-likeness (QED) is 0.182. The summed E-state index contributed by atoms with van der Waals surface area (Å²) >= 11 is 0. The summed E-state index contributed by atoms with van der Waals surface area (Å²) in [5.74, 6) is -0.643. The minimum absolute atomic E-state index is 0.0399. The Labute approximate surface area is 155 Å². The summed E-state index contributed by atoms with van der Waals surface area (Å²) in [6.07, 6.45) is 6.68. The van der Waals surface area contributed by atoms with Gasteiger partial charge in [0.2, 0.25) is 5.78 Å². The lowest BCUT2D eigenvalue weighted by molar-refractivity contribution is -0.837. The van der Waals surface area contributed by atoms with Crippen LogP contribution in [0.3, 0.4) is 0 Å². The molecule has 0 aromatic carbocycles. The molecule has 1 rings (SSSR count). The third kappa shape index (κ3) is 7.63. The van der Waals surface area contributed by atoms with E-state index in [9.17, 15) is 23.4 Å². The zero-order valence-electron chi connectivity index (χ0n) is 15.4. The predicted molar refractivity (Wildman–Crippen MR) is 99.6 cm³/mol. The Balaban J connectivity index is 2.71. The van der Waals surface area contributed by atoms with Gasteiger partial charge in [-0.1, -0.05) is 19.1 Å². The van der Waals surface area contributed by atoms with Crippen LogP contribution < -0.4 is 0 Å². The molecule has 0 fully saturated rings. The fourth-order valence-electron chi connectivity index (χ4n) is 3.28. The highest BCUT2D eigenvalue weighted by Crippen LogP contribution is 2.19. The van der Waals surface area contributed by atoms with Gasteiger partial charge in [-0.2, -0.15) is 8.42 Å². The van der Waals surface area contributed by atoms with E-state index in [0.717, 1.165) is 25.7 Å². The number of ketones is 1. The standard InChI is InChI=1S/C17H30N2O6S/c1-2-3-4-5-6-7-8-16(22)17-18-9-10-19(17,11-12-20)13-15(21)14-26(23,24)25/h3-4,15,20-21H,2,5-14H2,1H3/p+1/b4-3+. The van der Waals surface area contributed by atoms with Crippen LogP contribution in [0, 0.1) is 0 Å². The minimum Gasteiger partial charge on any atom is -0.390 e. The molecular weight excluding hydrogens is 360 g/mol. The number of hydrogen-bond donors (Lipinski definition) is 3. The van der Waals surface area contributed by atoms with Crippen LogP contribution in [-0.4, -0.2) is 83.9 Å². The zero-order valence-corrected chi connectivity index (χ0v) is 16.2. The molecule has 0 saturated carbocycles. The number of hydrogen-bond acceptors (Lipinski definition) is 6. The van der Waals surface area contributed by atoms with E-state index in [1.54, 1.807) is 0 Å². The Kier molecular flexibility index (Phi) is 9.59. The van der Waals surface area contributed by atoms with Gasteiger partial charge in [0.1, 0.15) is 31.5 Å². The van der Waals surface area contributed by atoms with Gasteiger partial charge < -0.3 is 10.2 Å². The first-order valence-electron chi connectivity index (χ1n) is 9.07. The lowest BCUT2D eigenvalue weighted by atomic mass is 10.1. The van der Waals surface area contributed by atoms with E-state index < -0.39 is 22.0 Å². The summed E-state index contributed by atoms with van der Waals surface area (Å²) in [7, 11) is -4.32. The third-order valence-corrected chi connectivity index (χ3v) is 5.21. The molecule has 1 heterocycles. The Morgan fingerprint density at radius 1 is 1.35 bits per heavy atom. The summed E-state index contributed by atoms with van der Waals surface area (Å²) in [4.78, 5) is 16.9. The SMILES string of the molecule is CC/C=C/CCCCC(=O)C1=NCC[N+]1(CCO)CC(O)CS(=O)(=O)O. The largest absolute Gasteiger partial charge is 0.390 e. The average Bonchev–Trinajstić information content (AvgIpc) is 2.92. The molecule has 26 heavy (non-hydrogen) atoms. The topological polar surface area (TPSA) is 124 Å². The van der Waals surface area contributed by atoms with Crippen LogP contribution in [0.4, 0.5) is 0 Å². The van der Waals surface area contributed by atoms with Crippen LogP contribution >= 0.6 is 0 Å². The van der Waals surface area contributed by atoms with Crippen molar-refractivity contribution in [2.45, 2.75) is 45.1 Å². The number of aliphatic hydroxyl groups is 2. The highest BCUT2D eigenvalue weighted by atomic mass is 32.2. The van der Waals surface area contributed by atoms with Crippen molar-refractivity contribution in [1.82, 2.24) is 0 Å². The molecule has 2 unspecified atom stereocenters. The van der Waals surface area contributed by atoms with E-state index in [4.69, 9.17) is 4.55 Å². The Bertz CT molecular complexity index is 617. The van der Waals surface area contributed by atoms with Crippen LogP contribution in [0.25, 0.3) is 0 Å². The maximum absolute atomic E-state index is 12.6. The number of amidine groups is 1. The molecule has 1 aliphatic rings. The van der Waals surface area contributed by atoms with Crippen LogP contribution in [0.2, 0.25) is 0 Å². The fraction of sp³-hybridized carbons (Fsp3) is 0.765. The number of Topliss-reactive ketones (excluding diaryl/α,β-unsaturated/α-hetero) is 1. The monoisotopic (exact) mass is 391 g/mol. The highest BCUT2D eigenvalue weighted by molar-refractivity contribution is 7.85. The Hall–Kier alpha value is -1.13. The van der Waals surface area contributed by atoms with E-state index in [0.29, 0.717) is 19.5 Å². The van der Waals surface area contributed by atoms with Gasteiger partial charge in [-0.15, -0.1) is 0 Å². The molecule has 150 valence electrons. The van der Waals surface area contributed by atoms with Crippen molar-refractivity contribution in [2.24, 2.45) is 4.99 Å².